The lowest BCUT2D eigenvalue weighted by Gasteiger charge is -2.28. The molecule has 5 nitrogen and oxygen atoms in total. The number of nitrogens with one attached hydrogen (secondary N) is 1. The van der Waals surface area contributed by atoms with Crippen molar-refractivity contribution in [2.75, 3.05) is 39.5 Å². The molecule has 0 saturated carbocycles. The van der Waals surface area contributed by atoms with Crippen LogP contribution in [-0.4, -0.2) is 54.0 Å². The Morgan fingerprint density at radius 1 is 0.833 bits per heavy atom. The SMILES string of the molecule is CCCC(CCC)=NCCNCCC[Si](OCC)(OCC)OCC. The minimum atomic E-state index is -2.47. The van der Waals surface area contributed by atoms with Crippen molar-refractivity contribution in [3.63, 3.8) is 0 Å². The predicted octanol–water partition coefficient (Wildman–Crippen LogP) is 4.06. The molecule has 0 heterocycles. The van der Waals surface area contributed by atoms with Gasteiger partial charge in [-0.1, -0.05) is 26.7 Å². The molecule has 0 radical (unpaired) electrons. The fourth-order valence-electron chi connectivity index (χ4n) is 2.71. The molecule has 0 bridgehead atoms. The third-order valence-corrected chi connectivity index (χ3v) is 6.78. The lowest BCUT2D eigenvalue weighted by molar-refractivity contribution is 0.0708. The van der Waals surface area contributed by atoms with Gasteiger partial charge in [-0.15, -0.1) is 0 Å². The molecular weight excluding hydrogens is 320 g/mol. The standard InChI is InChI=1S/C18H40N2O3Si/c1-6-12-18(13-7-2)20-16-15-19-14-11-17-24(21-8-3,22-9-4)23-10-5/h19H,6-17H2,1-5H3. The number of hydrogen-bond acceptors (Lipinski definition) is 5. The summed E-state index contributed by atoms with van der Waals surface area (Å²) in [5.41, 5.74) is 1.37. The Hall–Kier alpha value is -0.273. The Morgan fingerprint density at radius 2 is 1.38 bits per heavy atom. The van der Waals surface area contributed by atoms with E-state index in [4.69, 9.17) is 18.3 Å². The highest BCUT2D eigenvalue weighted by Crippen LogP contribution is 2.17. The topological polar surface area (TPSA) is 52.1 Å². The molecule has 0 aromatic heterocycles. The minimum Gasteiger partial charge on any atom is -0.374 e. The molecule has 0 spiro atoms. The molecule has 144 valence electrons. The Kier molecular flexibility index (Phi) is 16.0. The van der Waals surface area contributed by atoms with Gasteiger partial charge in [0.2, 0.25) is 0 Å². The van der Waals surface area contributed by atoms with Crippen molar-refractivity contribution in [2.24, 2.45) is 4.99 Å². The zero-order valence-corrected chi connectivity index (χ0v) is 17.7. The summed E-state index contributed by atoms with van der Waals surface area (Å²) in [4.78, 5) is 4.73. The van der Waals surface area contributed by atoms with Crippen molar-refractivity contribution in [1.82, 2.24) is 5.32 Å². The molecule has 0 rings (SSSR count). The summed E-state index contributed by atoms with van der Waals surface area (Å²) in [6, 6.07) is 0.871. The van der Waals surface area contributed by atoms with Crippen LogP contribution in [0.2, 0.25) is 6.04 Å². The first-order valence-corrected chi connectivity index (χ1v) is 11.8. The van der Waals surface area contributed by atoms with E-state index in [2.05, 4.69) is 19.2 Å². The van der Waals surface area contributed by atoms with Crippen molar-refractivity contribution in [3.8, 4) is 0 Å². The van der Waals surface area contributed by atoms with E-state index in [-0.39, 0.29) is 0 Å². The van der Waals surface area contributed by atoms with Crippen LogP contribution in [0.5, 0.6) is 0 Å². The van der Waals surface area contributed by atoms with Gasteiger partial charge in [0.05, 0.1) is 6.54 Å². The van der Waals surface area contributed by atoms with Gasteiger partial charge in [-0.05, 0) is 46.6 Å². The largest absolute Gasteiger partial charge is 0.500 e. The van der Waals surface area contributed by atoms with Crippen molar-refractivity contribution in [1.29, 1.82) is 0 Å². The summed E-state index contributed by atoms with van der Waals surface area (Å²) in [7, 11) is -2.47. The quantitative estimate of drug-likeness (QED) is 0.241. The molecule has 0 aliphatic rings. The fraction of sp³-hybridized carbons (Fsp3) is 0.944. The predicted molar refractivity (Wildman–Crippen MR) is 105 cm³/mol. The van der Waals surface area contributed by atoms with Gasteiger partial charge in [0.15, 0.2) is 0 Å². The van der Waals surface area contributed by atoms with E-state index in [9.17, 15) is 0 Å². The first kappa shape index (κ1) is 23.7. The van der Waals surface area contributed by atoms with E-state index in [1.54, 1.807) is 0 Å². The summed E-state index contributed by atoms with van der Waals surface area (Å²) in [5, 5.41) is 3.47. The Labute approximate surface area is 150 Å². The van der Waals surface area contributed by atoms with E-state index in [0.29, 0.717) is 19.8 Å². The molecule has 0 aromatic carbocycles. The Morgan fingerprint density at radius 3 is 1.83 bits per heavy atom. The van der Waals surface area contributed by atoms with Gasteiger partial charge in [0, 0.05) is 38.1 Å². The zero-order chi connectivity index (χ0) is 18.1. The van der Waals surface area contributed by atoms with Gasteiger partial charge >= 0.3 is 8.80 Å². The van der Waals surface area contributed by atoms with Gasteiger partial charge in [-0.3, -0.25) is 4.99 Å². The van der Waals surface area contributed by atoms with E-state index in [0.717, 1.165) is 44.9 Å². The number of hydrogen-bond donors (Lipinski definition) is 1. The molecule has 0 amide bonds. The van der Waals surface area contributed by atoms with Gasteiger partial charge in [0.1, 0.15) is 0 Å². The summed E-state index contributed by atoms with van der Waals surface area (Å²) in [5.74, 6) is 0. The average molecular weight is 361 g/mol. The highest BCUT2D eigenvalue weighted by atomic mass is 28.4. The van der Waals surface area contributed by atoms with Crippen LogP contribution in [0.15, 0.2) is 4.99 Å². The minimum absolute atomic E-state index is 0.645. The smallest absolute Gasteiger partial charge is 0.374 e. The molecule has 6 heteroatoms. The van der Waals surface area contributed by atoms with Gasteiger partial charge < -0.3 is 18.6 Å². The van der Waals surface area contributed by atoms with Gasteiger partial charge in [-0.25, -0.2) is 0 Å². The third-order valence-electron chi connectivity index (χ3n) is 3.63. The summed E-state index contributed by atoms with van der Waals surface area (Å²) in [6.45, 7) is 15.1. The van der Waals surface area contributed by atoms with Crippen LogP contribution in [0.25, 0.3) is 0 Å². The highest BCUT2D eigenvalue weighted by molar-refractivity contribution is 6.60. The first-order valence-electron chi connectivity index (χ1n) is 9.82. The summed E-state index contributed by atoms with van der Waals surface area (Å²) >= 11 is 0. The van der Waals surface area contributed by atoms with E-state index in [1.165, 1.54) is 18.6 Å². The average Bonchev–Trinajstić information content (AvgIpc) is 2.55. The number of aliphatic imine (C=N–C) groups is 1. The molecule has 0 saturated heterocycles. The molecule has 24 heavy (non-hydrogen) atoms. The van der Waals surface area contributed by atoms with Crippen molar-refractivity contribution in [3.05, 3.63) is 0 Å². The molecule has 1 N–H and O–H groups in total. The van der Waals surface area contributed by atoms with Crippen LogP contribution in [-0.2, 0) is 13.3 Å². The Balaban J connectivity index is 4.05. The first-order chi connectivity index (χ1) is 11.7. The van der Waals surface area contributed by atoms with Crippen molar-refractivity contribution < 1.29 is 13.3 Å². The van der Waals surface area contributed by atoms with Gasteiger partial charge in [0.25, 0.3) is 0 Å². The summed E-state index contributed by atoms with van der Waals surface area (Å²) in [6.07, 6.45) is 5.65. The molecule has 0 unspecified atom stereocenters. The Bertz CT molecular complexity index is 290. The molecular formula is C18H40N2O3Si. The molecule has 0 aliphatic carbocycles. The van der Waals surface area contributed by atoms with Crippen LogP contribution in [0.1, 0.15) is 66.7 Å². The maximum Gasteiger partial charge on any atom is 0.500 e. The van der Waals surface area contributed by atoms with Crippen molar-refractivity contribution >= 4 is 14.5 Å². The second-order valence-electron chi connectivity index (χ2n) is 5.78. The van der Waals surface area contributed by atoms with Crippen LogP contribution < -0.4 is 5.32 Å². The molecule has 0 aliphatic heterocycles. The monoisotopic (exact) mass is 360 g/mol. The number of rotatable bonds is 17. The van der Waals surface area contributed by atoms with E-state index in [1.807, 2.05) is 20.8 Å². The van der Waals surface area contributed by atoms with E-state index < -0.39 is 8.80 Å². The lowest BCUT2D eigenvalue weighted by atomic mass is 10.1. The van der Waals surface area contributed by atoms with Crippen LogP contribution >= 0.6 is 0 Å². The lowest BCUT2D eigenvalue weighted by Crippen LogP contribution is -2.46. The van der Waals surface area contributed by atoms with Crippen LogP contribution in [0.3, 0.4) is 0 Å². The number of nitrogens with zero attached hydrogens (tertiary/aromatic N) is 1. The molecule has 0 fully saturated rings. The maximum absolute atomic E-state index is 5.87. The van der Waals surface area contributed by atoms with Gasteiger partial charge in [-0.2, -0.15) is 0 Å². The normalized spacial score (nSPS) is 11.7. The third kappa shape index (κ3) is 11.3. The maximum atomic E-state index is 5.87. The zero-order valence-electron chi connectivity index (χ0n) is 16.7. The van der Waals surface area contributed by atoms with Crippen molar-refractivity contribution in [2.45, 2.75) is 72.8 Å². The van der Waals surface area contributed by atoms with Crippen LogP contribution in [0, 0.1) is 0 Å². The molecule has 0 atom stereocenters. The molecule has 0 aromatic rings. The second-order valence-corrected chi connectivity index (χ2v) is 8.52. The fourth-order valence-corrected chi connectivity index (χ4v) is 5.32. The highest BCUT2D eigenvalue weighted by Gasteiger charge is 2.39. The second kappa shape index (κ2) is 16.2. The van der Waals surface area contributed by atoms with Crippen LogP contribution in [0.4, 0.5) is 0 Å². The van der Waals surface area contributed by atoms with E-state index >= 15 is 0 Å². The summed E-state index contributed by atoms with van der Waals surface area (Å²) < 4.78 is 17.6.